The van der Waals surface area contributed by atoms with Gasteiger partial charge in [-0.3, -0.25) is 0 Å². The van der Waals surface area contributed by atoms with Crippen LogP contribution in [-0.2, 0) is 17.9 Å². The maximum atomic E-state index is 4.30. The average molecular weight is 385 g/mol. The van der Waals surface area contributed by atoms with Crippen LogP contribution in [0.25, 0.3) is 6.08 Å². The van der Waals surface area contributed by atoms with Crippen molar-refractivity contribution < 1.29 is 0 Å². The molecule has 0 atom stereocenters. The molecule has 25 heavy (non-hydrogen) atoms. The van der Waals surface area contributed by atoms with Gasteiger partial charge in [0.15, 0.2) is 8.68 Å². The zero-order valence-electron chi connectivity index (χ0n) is 14.1. The molecular formula is C20H20N2S3. The van der Waals surface area contributed by atoms with Crippen molar-refractivity contribution in [1.82, 2.24) is 10.2 Å². The number of hydrogen-bond donors (Lipinski definition) is 0. The third-order valence-electron chi connectivity index (χ3n) is 3.76. The monoisotopic (exact) mass is 384 g/mol. The van der Waals surface area contributed by atoms with Crippen LogP contribution < -0.4 is 0 Å². The van der Waals surface area contributed by atoms with E-state index in [2.05, 4.69) is 72.2 Å². The lowest BCUT2D eigenvalue weighted by atomic mass is 10.1. The summed E-state index contributed by atoms with van der Waals surface area (Å²) >= 11 is 5.17. The van der Waals surface area contributed by atoms with Crippen LogP contribution in [0.5, 0.6) is 0 Å². The molecule has 128 valence electrons. The van der Waals surface area contributed by atoms with Gasteiger partial charge >= 0.3 is 0 Å². The minimum atomic E-state index is 0.912. The average Bonchev–Trinajstić information content (AvgIpc) is 3.13. The van der Waals surface area contributed by atoms with Gasteiger partial charge in [0.25, 0.3) is 0 Å². The van der Waals surface area contributed by atoms with E-state index in [1.807, 2.05) is 6.08 Å². The Hall–Kier alpha value is -1.56. The Balaban J connectivity index is 1.50. The lowest BCUT2D eigenvalue weighted by molar-refractivity contribution is 0.954. The summed E-state index contributed by atoms with van der Waals surface area (Å²) in [5, 5.41) is 8.60. The Kier molecular flexibility index (Phi) is 6.73. The summed E-state index contributed by atoms with van der Waals surface area (Å²) in [4.78, 5) is 0. The number of hydrogen-bond acceptors (Lipinski definition) is 5. The normalized spacial score (nSPS) is 10.8. The topological polar surface area (TPSA) is 25.8 Å². The minimum absolute atomic E-state index is 0.912. The van der Waals surface area contributed by atoms with Crippen molar-refractivity contribution in [3.05, 3.63) is 77.4 Å². The van der Waals surface area contributed by atoms with Gasteiger partial charge in [-0.15, -0.1) is 10.2 Å². The number of nitrogens with zero attached hydrogens (tertiary/aromatic N) is 2. The maximum Gasteiger partial charge on any atom is 0.175 e. The van der Waals surface area contributed by atoms with Crippen molar-refractivity contribution in [1.29, 1.82) is 0 Å². The van der Waals surface area contributed by atoms with Gasteiger partial charge in [-0.05, 0) is 28.7 Å². The molecule has 0 aliphatic rings. The van der Waals surface area contributed by atoms with E-state index in [0.29, 0.717) is 0 Å². The molecule has 5 heteroatoms. The zero-order valence-corrected chi connectivity index (χ0v) is 16.6. The number of rotatable bonds is 8. The molecular weight excluding hydrogens is 364 g/mol. The van der Waals surface area contributed by atoms with Gasteiger partial charge < -0.3 is 0 Å². The summed E-state index contributed by atoms with van der Waals surface area (Å²) < 4.78 is 2.06. The Morgan fingerprint density at radius 2 is 1.32 bits per heavy atom. The van der Waals surface area contributed by atoms with Crippen LogP contribution in [0.3, 0.4) is 0 Å². The van der Waals surface area contributed by atoms with E-state index in [4.69, 9.17) is 0 Å². The summed E-state index contributed by atoms with van der Waals surface area (Å²) in [5.74, 6) is 1.85. The maximum absolute atomic E-state index is 4.30. The van der Waals surface area contributed by atoms with Gasteiger partial charge in [-0.1, -0.05) is 103 Å². The first kappa shape index (κ1) is 18.2. The van der Waals surface area contributed by atoms with Crippen LogP contribution >= 0.6 is 34.9 Å². The Labute approximate surface area is 161 Å². The lowest BCUT2D eigenvalue weighted by Crippen LogP contribution is -1.83. The number of aromatic nitrogens is 2. The molecule has 0 amide bonds. The van der Waals surface area contributed by atoms with Crippen LogP contribution in [0.2, 0.25) is 0 Å². The predicted molar refractivity (Wildman–Crippen MR) is 111 cm³/mol. The van der Waals surface area contributed by atoms with Crippen molar-refractivity contribution in [3.63, 3.8) is 0 Å². The van der Waals surface area contributed by atoms with E-state index in [1.165, 1.54) is 16.7 Å². The smallest absolute Gasteiger partial charge is 0.131 e. The first-order valence-electron chi connectivity index (χ1n) is 8.15. The number of benzene rings is 2. The molecule has 0 N–H and O–H groups in total. The molecule has 0 fully saturated rings. The molecule has 3 rings (SSSR count). The Morgan fingerprint density at radius 3 is 1.80 bits per heavy atom. The fraction of sp³-hybridized carbons (Fsp3) is 0.200. The quantitative estimate of drug-likeness (QED) is 0.424. The van der Waals surface area contributed by atoms with Crippen LogP contribution in [0, 0.1) is 0 Å². The highest BCUT2D eigenvalue weighted by Gasteiger charge is 2.06. The fourth-order valence-corrected chi connectivity index (χ4v) is 5.16. The largest absolute Gasteiger partial charge is 0.175 e. The molecule has 0 bridgehead atoms. The highest BCUT2D eigenvalue weighted by molar-refractivity contribution is 8.02. The molecule has 2 aromatic carbocycles. The molecule has 0 spiro atoms. The second-order valence-corrected chi connectivity index (χ2v) is 8.95. The summed E-state index contributed by atoms with van der Waals surface area (Å²) in [7, 11) is 0. The molecule has 0 aliphatic carbocycles. The molecule has 0 saturated heterocycles. The first-order chi connectivity index (χ1) is 12.3. The molecule has 1 heterocycles. The Bertz CT molecular complexity index is 808. The zero-order chi connectivity index (χ0) is 17.5. The summed E-state index contributed by atoms with van der Waals surface area (Å²) in [5.41, 5.74) is 5.14. The first-order valence-corrected chi connectivity index (χ1v) is 10.9. The molecule has 0 radical (unpaired) electrons. The van der Waals surface area contributed by atoms with Crippen molar-refractivity contribution in [3.8, 4) is 0 Å². The van der Waals surface area contributed by atoms with Gasteiger partial charge in [-0.25, -0.2) is 0 Å². The van der Waals surface area contributed by atoms with E-state index in [-0.39, 0.29) is 0 Å². The van der Waals surface area contributed by atoms with Gasteiger partial charge in [0.2, 0.25) is 0 Å². The van der Waals surface area contributed by atoms with Crippen molar-refractivity contribution >= 4 is 40.9 Å². The van der Waals surface area contributed by atoms with E-state index < -0.39 is 0 Å². The van der Waals surface area contributed by atoms with Crippen LogP contribution in [0.1, 0.15) is 29.2 Å². The molecule has 0 unspecified atom stereocenters. The SMILES string of the molecule is C=Cc1ccc(CSc2nnc(SCc3ccc(CC)cc3)s2)cc1. The summed E-state index contributed by atoms with van der Waals surface area (Å²) in [6.45, 7) is 5.96. The van der Waals surface area contributed by atoms with Crippen molar-refractivity contribution in [2.24, 2.45) is 0 Å². The molecule has 3 aromatic rings. The summed E-state index contributed by atoms with van der Waals surface area (Å²) in [6.07, 6.45) is 2.95. The van der Waals surface area contributed by atoms with E-state index in [9.17, 15) is 0 Å². The van der Waals surface area contributed by atoms with Crippen molar-refractivity contribution in [2.45, 2.75) is 33.5 Å². The predicted octanol–water partition coefficient (Wildman–Crippen LogP) is 6.33. The van der Waals surface area contributed by atoms with Gasteiger partial charge in [-0.2, -0.15) is 0 Å². The number of aryl methyl sites for hydroxylation is 1. The summed E-state index contributed by atoms with van der Waals surface area (Å²) in [6, 6.07) is 17.3. The van der Waals surface area contributed by atoms with E-state index in [0.717, 1.165) is 32.2 Å². The molecule has 2 nitrogen and oxygen atoms in total. The van der Waals surface area contributed by atoms with Gasteiger partial charge in [0.05, 0.1) is 0 Å². The van der Waals surface area contributed by atoms with Crippen LogP contribution in [0.4, 0.5) is 0 Å². The second-order valence-electron chi connectivity index (χ2n) is 5.53. The minimum Gasteiger partial charge on any atom is -0.131 e. The van der Waals surface area contributed by atoms with E-state index in [1.54, 1.807) is 34.9 Å². The highest BCUT2D eigenvalue weighted by atomic mass is 32.2. The standard InChI is InChI=1S/C20H20N2S3/c1-3-15-5-9-17(10-6-15)13-23-19-21-22-20(25-19)24-14-18-11-7-16(4-2)8-12-18/h3,5-12H,1,4,13-14H2,2H3. The third kappa shape index (κ3) is 5.46. The highest BCUT2D eigenvalue weighted by Crippen LogP contribution is 2.32. The number of thioether (sulfide) groups is 2. The lowest BCUT2D eigenvalue weighted by Gasteiger charge is -2.00. The van der Waals surface area contributed by atoms with Crippen LogP contribution in [-0.4, -0.2) is 10.2 Å². The van der Waals surface area contributed by atoms with Gasteiger partial charge in [0.1, 0.15) is 0 Å². The Morgan fingerprint density at radius 1 is 0.840 bits per heavy atom. The molecule has 0 saturated carbocycles. The molecule has 0 aliphatic heterocycles. The second kappa shape index (κ2) is 9.22. The van der Waals surface area contributed by atoms with Crippen molar-refractivity contribution in [2.75, 3.05) is 0 Å². The fourth-order valence-electron chi connectivity index (χ4n) is 2.23. The van der Waals surface area contributed by atoms with E-state index >= 15 is 0 Å². The van der Waals surface area contributed by atoms with Gasteiger partial charge in [0, 0.05) is 11.5 Å². The third-order valence-corrected chi connectivity index (χ3v) is 7.09. The molecule has 1 aromatic heterocycles. The van der Waals surface area contributed by atoms with Crippen LogP contribution in [0.15, 0.2) is 63.8 Å².